The van der Waals surface area contributed by atoms with E-state index < -0.39 is 0 Å². The van der Waals surface area contributed by atoms with Crippen molar-refractivity contribution in [1.82, 2.24) is 5.32 Å². The zero-order valence-corrected chi connectivity index (χ0v) is 11.7. The van der Waals surface area contributed by atoms with Gasteiger partial charge >= 0.3 is 5.97 Å². The highest BCUT2D eigenvalue weighted by atomic mass is 16.5. The molecule has 0 amide bonds. The molecule has 0 aliphatic carbocycles. The van der Waals surface area contributed by atoms with E-state index in [0.717, 1.165) is 22.4 Å². The van der Waals surface area contributed by atoms with Crippen molar-refractivity contribution in [2.45, 2.75) is 26.3 Å². The average molecular weight is 251 g/mol. The van der Waals surface area contributed by atoms with Crippen LogP contribution in [0.15, 0.2) is 12.1 Å². The Kier molecular flexibility index (Phi) is 5.16. The predicted octanol–water partition coefficient (Wildman–Crippen LogP) is 2.14. The molecule has 0 radical (unpaired) electrons. The normalized spacial score (nSPS) is 12.1. The number of carbonyl (C=O) groups is 1. The number of esters is 1. The molecule has 4 heteroatoms. The summed E-state index contributed by atoms with van der Waals surface area (Å²) >= 11 is 0. The minimum Gasteiger partial charge on any atom is -0.496 e. The molecule has 0 aliphatic heterocycles. The van der Waals surface area contributed by atoms with Gasteiger partial charge in [0.05, 0.1) is 20.6 Å². The monoisotopic (exact) mass is 251 g/mol. The van der Waals surface area contributed by atoms with Crippen LogP contribution in [-0.4, -0.2) is 27.2 Å². The van der Waals surface area contributed by atoms with Gasteiger partial charge in [-0.1, -0.05) is 6.07 Å². The van der Waals surface area contributed by atoms with E-state index in [2.05, 4.69) is 11.4 Å². The number of nitrogens with one attached hydrogen (secondary N) is 1. The van der Waals surface area contributed by atoms with Crippen LogP contribution in [0.2, 0.25) is 0 Å². The summed E-state index contributed by atoms with van der Waals surface area (Å²) in [5.41, 5.74) is 3.26. The molecule has 1 aromatic carbocycles. The molecule has 1 rings (SSSR count). The fourth-order valence-corrected chi connectivity index (χ4v) is 2.15. The third-order valence-electron chi connectivity index (χ3n) is 3.01. The van der Waals surface area contributed by atoms with Gasteiger partial charge in [0.2, 0.25) is 0 Å². The van der Waals surface area contributed by atoms with Gasteiger partial charge in [0.25, 0.3) is 0 Å². The van der Waals surface area contributed by atoms with Crippen molar-refractivity contribution in [3.63, 3.8) is 0 Å². The van der Waals surface area contributed by atoms with E-state index in [4.69, 9.17) is 9.47 Å². The molecule has 0 spiro atoms. The number of hydrogen-bond donors (Lipinski definition) is 1. The lowest BCUT2D eigenvalue weighted by atomic mass is 9.96. The second-order valence-corrected chi connectivity index (χ2v) is 4.32. The van der Waals surface area contributed by atoms with Crippen molar-refractivity contribution >= 4 is 5.97 Å². The Hall–Kier alpha value is -1.55. The lowest BCUT2D eigenvalue weighted by molar-refractivity contribution is -0.141. The van der Waals surface area contributed by atoms with Crippen LogP contribution in [0, 0.1) is 13.8 Å². The van der Waals surface area contributed by atoms with E-state index in [1.807, 2.05) is 27.0 Å². The van der Waals surface area contributed by atoms with Gasteiger partial charge in [-0.15, -0.1) is 0 Å². The molecule has 0 bridgehead atoms. The van der Waals surface area contributed by atoms with Crippen molar-refractivity contribution < 1.29 is 14.3 Å². The Labute approximate surface area is 108 Å². The standard InChI is InChI=1S/C14H21NO3/c1-9-6-10(2)14(12(7-9)17-4)11(15-3)8-13(16)18-5/h6-7,11,15H,8H2,1-5H3. The molecular formula is C14H21NO3. The molecule has 1 N–H and O–H groups in total. The van der Waals surface area contributed by atoms with E-state index in [1.54, 1.807) is 7.11 Å². The summed E-state index contributed by atoms with van der Waals surface area (Å²) in [6.07, 6.45) is 0.285. The van der Waals surface area contributed by atoms with E-state index in [-0.39, 0.29) is 18.4 Å². The maximum Gasteiger partial charge on any atom is 0.307 e. The lowest BCUT2D eigenvalue weighted by Crippen LogP contribution is -2.22. The van der Waals surface area contributed by atoms with Gasteiger partial charge in [0, 0.05) is 11.6 Å². The van der Waals surface area contributed by atoms with Gasteiger partial charge in [0.1, 0.15) is 5.75 Å². The SMILES string of the molecule is CNC(CC(=O)OC)c1c(C)cc(C)cc1OC. The number of hydrogen-bond acceptors (Lipinski definition) is 4. The highest BCUT2D eigenvalue weighted by Gasteiger charge is 2.20. The highest BCUT2D eigenvalue weighted by molar-refractivity contribution is 5.70. The van der Waals surface area contributed by atoms with Crippen LogP contribution in [-0.2, 0) is 9.53 Å². The van der Waals surface area contributed by atoms with Gasteiger partial charge in [-0.25, -0.2) is 0 Å². The summed E-state index contributed by atoms with van der Waals surface area (Å²) in [5, 5.41) is 3.14. The molecule has 0 aliphatic rings. The van der Waals surface area contributed by atoms with Crippen LogP contribution in [0.5, 0.6) is 5.75 Å². The molecule has 1 atom stereocenters. The first kappa shape index (κ1) is 14.5. The zero-order chi connectivity index (χ0) is 13.7. The number of ether oxygens (including phenoxy) is 2. The molecule has 18 heavy (non-hydrogen) atoms. The topological polar surface area (TPSA) is 47.6 Å². The maximum atomic E-state index is 11.4. The van der Waals surface area contributed by atoms with Crippen molar-refractivity contribution in [1.29, 1.82) is 0 Å². The van der Waals surface area contributed by atoms with Crippen molar-refractivity contribution in [3.8, 4) is 5.75 Å². The van der Waals surface area contributed by atoms with Crippen LogP contribution < -0.4 is 10.1 Å². The first-order valence-corrected chi connectivity index (χ1v) is 5.92. The van der Waals surface area contributed by atoms with Crippen molar-refractivity contribution in [2.75, 3.05) is 21.3 Å². The predicted molar refractivity (Wildman–Crippen MR) is 70.9 cm³/mol. The molecule has 0 saturated heterocycles. The maximum absolute atomic E-state index is 11.4. The molecule has 0 saturated carbocycles. The molecule has 1 aromatic rings. The van der Waals surface area contributed by atoms with Crippen molar-refractivity contribution in [2.24, 2.45) is 0 Å². The van der Waals surface area contributed by atoms with Gasteiger partial charge < -0.3 is 14.8 Å². The number of rotatable bonds is 5. The Morgan fingerprint density at radius 3 is 2.50 bits per heavy atom. The van der Waals surface area contributed by atoms with Crippen LogP contribution in [0.3, 0.4) is 0 Å². The molecule has 0 aromatic heterocycles. The smallest absolute Gasteiger partial charge is 0.307 e. The Bertz CT molecular complexity index is 429. The number of carbonyl (C=O) groups excluding carboxylic acids is 1. The summed E-state index contributed by atoms with van der Waals surface area (Å²) < 4.78 is 10.1. The third-order valence-corrected chi connectivity index (χ3v) is 3.01. The highest BCUT2D eigenvalue weighted by Crippen LogP contribution is 2.31. The van der Waals surface area contributed by atoms with Crippen molar-refractivity contribution in [3.05, 3.63) is 28.8 Å². The summed E-state index contributed by atoms with van der Waals surface area (Å²) in [6.45, 7) is 4.04. The van der Waals surface area contributed by atoms with Gasteiger partial charge in [-0.3, -0.25) is 4.79 Å². The minimum absolute atomic E-state index is 0.104. The third kappa shape index (κ3) is 3.23. The first-order valence-electron chi connectivity index (χ1n) is 5.92. The Morgan fingerprint density at radius 2 is 2.00 bits per heavy atom. The Balaban J connectivity index is 3.15. The van der Waals surface area contributed by atoms with E-state index in [9.17, 15) is 4.79 Å². The van der Waals surface area contributed by atoms with Crippen LogP contribution >= 0.6 is 0 Å². The fourth-order valence-electron chi connectivity index (χ4n) is 2.15. The largest absolute Gasteiger partial charge is 0.496 e. The number of methoxy groups -OCH3 is 2. The molecule has 1 unspecified atom stereocenters. The van der Waals surface area contributed by atoms with E-state index >= 15 is 0 Å². The summed E-state index contributed by atoms with van der Waals surface area (Å²) in [7, 11) is 4.86. The summed E-state index contributed by atoms with van der Waals surface area (Å²) in [5.74, 6) is 0.562. The van der Waals surface area contributed by atoms with Gasteiger partial charge in [0.15, 0.2) is 0 Å². The first-order chi connectivity index (χ1) is 8.53. The molecular weight excluding hydrogens is 230 g/mol. The zero-order valence-electron chi connectivity index (χ0n) is 11.7. The average Bonchev–Trinajstić information content (AvgIpc) is 2.35. The van der Waals surface area contributed by atoms with E-state index in [0.29, 0.717) is 0 Å². The van der Waals surface area contributed by atoms with Crippen LogP contribution in [0.25, 0.3) is 0 Å². The van der Waals surface area contributed by atoms with Gasteiger partial charge in [-0.05, 0) is 38.1 Å². The molecule has 100 valence electrons. The Morgan fingerprint density at radius 1 is 1.33 bits per heavy atom. The minimum atomic E-state index is -0.239. The second-order valence-electron chi connectivity index (χ2n) is 4.32. The van der Waals surface area contributed by atoms with Gasteiger partial charge in [-0.2, -0.15) is 0 Å². The molecule has 0 heterocycles. The van der Waals surface area contributed by atoms with Crippen LogP contribution in [0.4, 0.5) is 0 Å². The molecule has 4 nitrogen and oxygen atoms in total. The summed E-state index contributed by atoms with van der Waals surface area (Å²) in [6, 6.07) is 3.96. The fraction of sp³-hybridized carbons (Fsp3) is 0.500. The quantitative estimate of drug-likeness (QED) is 0.814. The second kappa shape index (κ2) is 6.40. The number of aryl methyl sites for hydroxylation is 2. The van der Waals surface area contributed by atoms with E-state index in [1.165, 1.54) is 7.11 Å². The van der Waals surface area contributed by atoms with Crippen LogP contribution in [0.1, 0.15) is 29.2 Å². The number of benzene rings is 1. The molecule has 0 fully saturated rings. The summed E-state index contributed by atoms with van der Waals surface area (Å²) in [4.78, 5) is 11.4. The lowest BCUT2D eigenvalue weighted by Gasteiger charge is -2.21.